The van der Waals surface area contributed by atoms with Crippen LogP contribution in [0.4, 0.5) is 0 Å². The molecule has 86 valence electrons. The van der Waals surface area contributed by atoms with Crippen molar-refractivity contribution < 1.29 is 12.9 Å². The molecule has 0 aliphatic heterocycles. The second kappa shape index (κ2) is 5.09. The number of rotatable bonds is 5. The first-order valence-electron chi connectivity index (χ1n) is 4.38. The van der Waals surface area contributed by atoms with E-state index in [1.54, 1.807) is 20.0 Å². The number of sulfonamides is 1. The minimum atomic E-state index is -3.28. The van der Waals surface area contributed by atoms with Gasteiger partial charge in [0.1, 0.15) is 17.2 Å². The van der Waals surface area contributed by atoms with Crippen LogP contribution in [0.25, 0.3) is 0 Å². The van der Waals surface area contributed by atoms with Gasteiger partial charge < -0.3 is 4.52 Å². The van der Waals surface area contributed by atoms with Crippen LogP contribution in [0.3, 0.4) is 0 Å². The zero-order valence-electron chi connectivity index (χ0n) is 8.60. The Bertz CT molecular complexity index is 415. The lowest BCUT2D eigenvalue weighted by molar-refractivity contribution is 0.391. The Morgan fingerprint density at radius 1 is 1.60 bits per heavy atom. The fourth-order valence-corrected chi connectivity index (χ4v) is 2.91. The summed E-state index contributed by atoms with van der Waals surface area (Å²) in [7, 11) is -1.74. The Morgan fingerprint density at radius 3 is 2.73 bits per heavy atom. The topological polar surface area (TPSA) is 63.4 Å². The van der Waals surface area contributed by atoms with Gasteiger partial charge in [0.05, 0.1) is 0 Å². The highest BCUT2D eigenvalue weighted by Gasteiger charge is 2.19. The lowest BCUT2D eigenvalue weighted by atomic mass is 10.4. The van der Waals surface area contributed by atoms with Gasteiger partial charge in [0.25, 0.3) is 0 Å². The minimum absolute atomic E-state index is 0.117. The second-order valence-corrected chi connectivity index (χ2v) is 6.06. The molecule has 0 aliphatic rings. The maximum atomic E-state index is 11.7. The number of hydrogen-bond donors (Lipinski definition) is 0. The quantitative estimate of drug-likeness (QED) is 0.765. The molecule has 0 N–H and O–H groups in total. The lowest BCUT2D eigenvalue weighted by Crippen LogP contribution is -2.29. The maximum absolute atomic E-state index is 11.7. The summed E-state index contributed by atoms with van der Waals surface area (Å²) < 4.78 is 29.6. The van der Waals surface area contributed by atoms with Crippen LogP contribution in [0.15, 0.2) is 10.6 Å². The first kappa shape index (κ1) is 12.7. The first-order chi connectivity index (χ1) is 6.95. The van der Waals surface area contributed by atoms with E-state index in [4.69, 9.17) is 4.52 Å². The highest BCUT2D eigenvalue weighted by atomic mass is 79.9. The van der Waals surface area contributed by atoms with Crippen molar-refractivity contribution in [2.45, 2.75) is 12.7 Å². The summed E-state index contributed by atoms with van der Waals surface area (Å²) in [6, 6.07) is 1.62. The normalized spacial score (nSPS) is 12.3. The summed E-state index contributed by atoms with van der Waals surface area (Å²) in [6.07, 6.45) is 0. The van der Waals surface area contributed by atoms with Crippen molar-refractivity contribution in [3.8, 4) is 0 Å². The third-order valence-corrected chi connectivity index (χ3v) is 4.03. The molecule has 1 rings (SSSR count). The number of alkyl halides is 1. The predicted molar refractivity (Wildman–Crippen MR) is 60.3 cm³/mol. The van der Waals surface area contributed by atoms with Crippen LogP contribution in [0.5, 0.6) is 0 Å². The number of aryl methyl sites for hydroxylation is 1. The third kappa shape index (κ3) is 3.58. The molecule has 0 saturated carbocycles. The van der Waals surface area contributed by atoms with Crippen LogP contribution < -0.4 is 0 Å². The van der Waals surface area contributed by atoms with Gasteiger partial charge in [-0.2, -0.15) is 0 Å². The van der Waals surface area contributed by atoms with Gasteiger partial charge in [-0.1, -0.05) is 21.1 Å². The van der Waals surface area contributed by atoms with E-state index in [0.717, 1.165) is 0 Å². The average Bonchev–Trinajstić information content (AvgIpc) is 2.50. The van der Waals surface area contributed by atoms with Gasteiger partial charge in [0, 0.05) is 25.0 Å². The molecular formula is C8H13BrN2O3S. The molecule has 0 aromatic carbocycles. The summed E-state index contributed by atoms with van der Waals surface area (Å²) >= 11 is 3.19. The Hall–Kier alpha value is -0.400. The summed E-state index contributed by atoms with van der Waals surface area (Å²) in [6.45, 7) is 2.17. The van der Waals surface area contributed by atoms with Crippen molar-refractivity contribution in [2.75, 3.05) is 18.9 Å². The van der Waals surface area contributed by atoms with Gasteiger partial charge >= 0.3 is 0 Å². The fourth-order valence-electron chi connectivity index (χ4n) is 1.04. The Kier molecular flexibility index (Phi) is 4.30. The molecule has 0 amide bonds. The lowest BCUT2D eigenvalue weighted by Gasteiger charge is -2.14. The Morgan fingerprint density at radius 2 is 2.27 bits per heavy atom. The molecule has 5 nitrogen and oxygen atoms in total. The number of aromatic nitrogens is 1. The van der Waals surface area contributed by atoms with Gasteiger partial charge in [0.2, 0.25) is 10.0 Å². The highest BCUT2D eigenvalue weighted by molar-refractivity contribution is 9.09. The van der Waals surface area contributed by atoms with Crippen LogP contribution in [0.1, 0.15) is 11.5 Å². The van der Waals surface area contributed by atoms with Crippen LogP contribution in [-0.2, 0) is 15.8 Å². The van der Waals surface area contributed by atoms with E-state index in [9.17, 15) is 8.42 Å². The van der Waals surface area contributed by atoms with E-state index in [1.165, 1.54) is 4.31 Å². The molecule has 0 spiro atoms. The Labute approximate surface area is 97.6 Å². The van der Waals surface area contributed by atoms with Crippen molar-refractivity contribution in [1.82, 2.24) is 9.46 Å². The van der Waals surface area contributed by atoms with E-state index >= 15 is 0 Å². The van der Waals surface area contributed by atoms with Crippen molar-refractivity contribution >= 4 is 26.0 Å². The molecule has 0 unspecified atom stereocenters. The Balaban J connectivity index is 2.72. The third-order valence-electron chi connectivity index (χ3n) is 1.88. The molecule has 0 atom stereocenters. The SMILES string of the molecule is Cc1cc(CS(=O)(=O)N(C)CCBr)no1. The zero-order valence-corrected chi connectivity index (χ0v) is 11.0. The van der Waals surface area contributed by atoms with Crippen molar-refractivity contribution in [2.24, 2.45) is 0 Å². The van der Waals surface area contributed by atoms with Crippen LogP contribution >= 0.6 is 15.9 Å². The molecule has 0 saturated heterocycles. The standard InChI is InChI=1S/C8H13BrN2O3S/c1-7-5-8(10-14-7)6-15(12,13)11(2)4-3-9/h5H,3-4,6H2,1-2H3. The molecule has 0 aliphatic carbocycles. The number of hydrogen-bond acceptors (Lipinski definition) is 4. The molecule has 0 radical (unpaired) electrons. The molecule has 7 heteroatoms. The van der Waals surface area contributed by atoms with E-state index in [0.29, 0.717) is 23.3 Å². The highest BCUT2D eigenvalue weighted by Crippen LogP contribution is 2.09. The second-order valence-electron chi connectivity index (χ2n) is 3.20. The largest absolute Gasteiger partial charge is 0.361 e. The molecule has 15 heavy (non-hydrogen) atoms. The van der Waals surface area contributed by atoms with Crippen molar-refractivity contribution in [3.05, 3.63) is 17.5 Å². The van der Waals surface area contributed by atoms with Gasteiger partial charge in [-0.3, -0.25) is 0 Å². The first-order valence-corrected chi connectivity index (χ1v) is 7.11. The summed E-state index contributed by atoms with van der Waals surface area (Å²) in [5.41, 5.74) is 0.439. The molecule has 0 fully saturated rings. The van der Waals surface area contributed by atoms with Crippen molar-refractivity contribution in [3.63, 3.8) is 0 Å². The van der Waals surface area contributed by atoms with Gasteiger partial charge in [0.15, 0.2) is 0 Å². The minimum Gasteiger partial charge on any atom is -0.361 e. The molecule has 1 aromatic heterocycles. The average molecular weight is 297 g/mol. The van der Waals surface area contributed by atoms with Crippen molar-refractivity contribution in [1.29, 1.82) is 0 Å². The van der Waals surface area contributed by atoms with E-state index in [1.807, 2.05) is 0 Å². The molecule has 1 heterocycles. The smallest absolute Gasteiger partial charge is 0.219 e. The van der Waals surface area contributed by atoms with E-state index < -0.39 is 10.0 Å². The summed E-state index contributed by atoms with van der Waals surface area (Å²) in [5.74, 6) is 0.497. The fraction of sp³-hybridized carbons (Fsp3) is 0.625. The summed E-state index contributed by atoms with van der Waals surface area (Å²) in [5, 5.41) is 4.26. The monoisotopic (exact) mass is 296 g/mol. The molecule has 1 aromatic rings. The summed E-state index contributed by atoms with van der Waals surface area (Å²) in [4.78, 5) is 0. The van der Waals surface area contributed by atoms with Crippen LogP contribution in [0.2, 0.25) is 0 Å². The molecule has 0 bridgehead atoms. The van der Waals surface area contributed by atoms with Crippen LogP contribution in [0, 0.1) is 6.92 Å². The van der Waals surface area contributed by atoms with Crippen LogP contribution in [-0.4, -0.2) is 36.8 Å². The molecular weight excluding hydrogens is 284 g/mol. The number of halogens is 1. The van der Waals surface area contributed by atoms with E-state index in [2.05, 4.69) is 21.1 Å². The number of nitrogens with zero attached hydrogens (tertiary/aromatic N) is 2. The van der Waals surface area contributed by atoms with Gasteiger partial charge in [-0.15, -0.1) is 0 Å². The van der Waals surface area contributed by atoms with E-state index in [-0.39, 0.29) is 5.75 Å². The predicted octanol–water partition coefficient (Wildman–Crippen LogP) is 1.14. The van der Waals surface area contributed by atoms with Gasteiger partial charge in [-0.05, 0) is 6.92 Å². The maximum Gasteiger partial charge on any atom is 0.219 e. The van der Waals surface area contributed by atoms with Gasteiger partial charge in [-0.25, -0.2) is 12.7 Å². The zero-order chi connectivity index (χ0) is 11.5.